The van der Waals surface area contributed by atoms with E-state index in [0.717, 1.165) is 25.9 Å². The highest BCUT2D eigenvalue weighted by atomic mass is 16.5. The minimum Gasteiger partial charge on any atom is -0.493 e. The van der Waals surface area contributed by atoms with E-state index >= 15 is 0 Å². The van der Waals surface area contributed by atoms with Crippen LogP contribution >= 0.6 is 0 Å². The molecule has 5 amide bonds. The molecule has 0 unspecified atom stereocenters. The quantitative estimate of drug-likeness (QED) is 0.572. The molecule has 3 rings (SSSR count). The first-order valence-corrected chi connectivity index (χ1v) is 8.45. The lowest BCUT2D eigenvalue weighted by Crippen LogP contribution is -2.51. The number of barbiturate groups is 1. The fourth-order valence-electron chi connectivity index (χ4n) is 2.86. The first-order chi connectivity index (χ1) is 13.0. The number of nitrogens with one attached hydrogen (secondary N) is 2. The summed E-state index contributed by atoms with van der Waals surface area (Å²) in [7, 11) is 1.44. The summed E-state index contributed by atoms with van der Waals surface area (Å²) in [6.45, 7) is 1.40. The van der Waals surface area contributed by atoms with Gasteiger partial charge in [0.15, 0.2) is 18.1 Å². The molecule has 0 bridgehead atoms. The maximum absolute atomic E-state index is 12.1. The third-order valence-electron chi connectivity index (χ3n) is 4.25. The van der Waals surface area contributed by atoms with Gasteiger partial charge in [-0.25, -0.2) is 4.79 Å². The number of ether oxygens (including phenoxy) is 2. The highest BCUT2D eigenvalue weighted by Gasteiger charge is 2.27. The van der Waals surface area contributed by atoms with Crippen molar-refractivity contribution in [2.24, 2.45) is 0 Å². The van der Waals surface area contributed by atoms with Crippen LogP contribution in [0.1, 0.15) is 18.4 Å². The van der Waals surface area contributed by atoms with Crippen LogP contribution in [0.3, 0.4) is 0 Å². The number of hydrogen-bond acceptors (Lipinski definition) is 6. The fourth-order valence-corrected chi connectivity index (χ4v) is 2.86. The molecule has 2 aliphatic heterocycles. The highest BCUT2D eigenvalue weighted by molar-refractivity contribution is 6.31. The zero-order chi connectivity index (χ0) is 19.4. The smallest absolute Gasteiger partial charge is 0.328 e. The van der Waals surface area contributed by atoms with E-state index in [0.29, 0.717) is 17.1 Å². The summed E-state index contributed by atoms with van der Waals surface area (Å²) in [6, 6.07) is 3.92. The van der Waals surface area contributed by atoms with Crippen LogP contribution < -0.4 is 20.1 Å². The van der Waals surface area contributed by atoms with Crippen LogP contribution in [0.2, 0.25) is 0 Å². The number of imide groups is 2. The lowest BCUT2D eigenvalue weighted by Gasteiger charge is -2.17. The topological polar surface area (TPSA) is 114 Å². The molecule has 1 aromatic rings. The Morgan fingerprint density at radius 1 is 1.11 bits per heavy atom. The van der Waals surface area contributed by atoms with Crippen molar-refractivity contribution in [1.29, 1.82) is 0 Å². The number of hydrogen-bond donors (Lipinski definition) is 2. The lowest BCUT2D eigenvalue weighted by molar-refractivity contribution is -0.132. The molecule has 0 saturated carbocycles. The summed E-state index contributed by atoms with van der Waals surface area (Å²) in [5.74, 6) is -0.911. The van der Waals surface area contributed by atoms with Crippen molar-refractivity contribution in [2.45, 2.75) is 12.8 Å². The third-order valence-corrected chi connectivity index (χ3v) is 4.25. The molecule has 2 fully saturated rings. The Balaban J connectivity index is 1.73. The highest BCUT2D eigenvalue weighted by Crippen LogP contribution is 2.29. The Morgan fingerprint density at radius 3 is 2.41 bits per heavy atom. The van der Waals surface area contributed by atoms with Gasteiger partial charge in [-0.2, -0.15) is 0 Å². The van der Waals surface area contributed by atoms with Gasteiger partial charge in [0.1, 0.15) is 5.57 Å². The van der Waals surface area contributed by atoms with E-state index in [9.17, 15) is 19.2 Å². The number of benzene rings is 1. The summed E-state index contributed by atoms with van der Waals surface area (Å²) < 4.78 is 10.8. The van der Waals surface area contributed by atoms with E-state index in [1.807, 2.05) is 10.6 Å². The second-order valence-electron chi connectivity index (χ2n) is 6.08. The molecular formula is C18H19N3O6. The summed E-state index contributed by atoms with van der Waals surface area (Å²) in [6.07, 6.45) is 3.34. The van der Waals surface area contributed by atoms with E-state index in [2.05, 4.69) is 0 Å². The molecule has 27 heavy (non-hydrogen) atoms. The maximum atomic E-state index is 12.1. The molecule has 9 nitrogen and oxygen atoms in total. The molecule has 0 aliphatic carbocycles. The van der Waals surface area contributed by atoms with Crippen molar-refractivity contribution in [3.8, 4) is 11.5 Å². The summed E-state index contributed by atoms with van der Waals surface area (Å²) in [5, 5.41) is 4.01. The molecule has 9 heteroatoms. The monoisotopic (exact) mass is 373 g/mol. The van der Waals surface area contributed by atoms with Crippen molar-refractivity contribution in [2.75, 3.05) is 26.8 Å². The zero-order valence-electron chi connectivity index (χ0n) is 14.7. The third kappa shape index (κ3) is 4.25. The summed E-state index contributed by atoms with van der Waals surface area (Å²) in [4.78, 5) is 48.5. The average Bonchev–Trinajstić information content (AvgIpc) is 3.18. The molecule has 0 radical (unpaired) electrons. The fraction of sp³-hybridized carbons (Fsp3) is 0.333. The molecule has 142 valence electrons. The Bertz CT molecular complexity index is 804. The molecule has 1 aromatic carbocycles. The minimum absolute atomic E-state index is 0.0824. The van der Waals surface area contributed by atoms with Gasteiger partial charge in [-0.05, 0) is 36.6 Å². The normalized spacial score (nSPS) is 16.7. The van der Waals surface area contributed by atoms with E-state index in [1.54, 1.807) is 23.1 Å². The Kier molecular flexibility index (Phi) is 5.39. The number of rotatable bonds is 5. The van der Waals surface area contributed by atoms with Gasteiger partial charge >= 0.3 is 6.03 Å². The second-order valence-corrected chi connectivity index (χ2v) is 6.08. The predicted molar refractivity (Wildman–Crippen MR) is 94.0 cm³/mol. The number of carbonyl (C=O) groups is 4. The van der Waals surface area contributed by atoms with Crippen molar-refractivity contribution in [3.63, 3.8) is 0 Å². The van der Waals surface area contributed by atoms with Gasteiger partial charge in [-0.3, -0.25) is 25.0 Å². The second kappa shape index (κ2) is 7.90. The predicted octanol–water partition coefficient (Wildman–Crippen LogP) is 0.446. The number of amides is 5. The Morgan fingerprint density at radius 2 is 1.78 bits per heavy atom. The van der Waals surface area contributed by atoms with Gasteiger partial charge in [0.2, 0.25) is 0 Å². The van der Waals surface area contributed by atoms with E-state index in [1.165, 1.54) is 13.2 Å². The molecule has 0 atom stereocenters. The largest absolute Gasteiger partial charge is 0.493 e. The first kappa shape index (κ1) is 18.4. The van der Waals surface area contributed by atoms with Crippen LogP contribution in [0.5, 0.6) is 11.5 Å². The Labute approximate surface area is 155 Å². The van der Waals surface area contributed by atoms with E-state index in [-0.39, 0.29) is 18.1 Å². The molecule has 2 aliphatic rings. The molecule has 2 N–H and O–H groups in total. The van der Waals surface area contributed by atoms with Crippen molar-refractivity contribution >= 4 is 29.8 Å². The van der Waals surface area contributed by atoms with Gasteiger partial charge in [0.25, 0.3) is 17.7 Å². The number of nitrogens with zero attached hydrogens (tertiary/aromatic N) is 1. The SMILES string of the molecule is COc1cc(C=C2C(=O)NC(=O)NC2=O)ccc1OCC(=O)N1CCCC1. The number of methoxy groups -OCH3 is 1. The van der Waals surface area contributed by atoms with Crippen LogP contribution in [0.25, 0.3) is 6.08 Å². The van der Waals surface area contributed by atoms with Gasteiger partial charge < -0.3 is 14.4 Å². The molecule has 2 saturated heterocycles. The standard InChI is InChI=1S/C18H19N3O6/c1-26-14-9-11(8-12-16(23)19-18(25)20-17(12)24)4-5-13(14)27-10-15(22)21-6-2-3-7-21/h4-5,8-9H,2-3,6-7,10H2,1H3,(H2,19,20,23,24,25). The van der Waals surface area contributed by atoms with Gasteiger partial charge in [0, 0.05) is 13.1 Å². The maximum Gasteiger partial charge on any atom is 0.328 e. The van der Waals surface area contributed by atoms with Crippen LogP contribution in [0.15, 0.2) is 23.8 Å². The van der Waals surface area contributed by atoms with Gasteiger partial charge in [0.05, 0.1) is 7.11 Å². The van der Waals surface area contributed by atoms with Gasteiger partial charge in [-0.1, -0.05) is 6.07 Å². The van der Waals surface area contributed by atoms with E-state index in [4.69, 9.17) is 9.47 Å². The Hall–Kier alpha value is -3.36. The van der Waals surface area contributed by atoms with Crippen LogP contribution in [-0.2, 0) is 14.4 Å². The van der Waals surface area contributed by atoms with Crippen molar-refractivity contribution in [1.82, 2.24) is 15.5 Å². The zero-order valence-corrected chi connectivity index (χ0v) is 14.7. The van der Waals surface area contributed by atoms with Crippen molar-refractivity contribution < 1.29 is 28.7 Å². The van der Waals surface area contributed by atoms with Crippen LogP contribution in [0, 0.1) is 0 Å². The molecule has 0 spiro atoms. The summed E-state index contributed by atoms with van der Waals surface area (Å²) in [5.41, 5.74) is 0.300. The van der Waals surface area contributed by atoms with Crippen LogP contribution in [-0.4, -0.2) is 55.5 Å². The van der Waals surface area contributed by atoms with E-state index < -0.39 is 17.8 Å². The van der Waals surface area contributed by atoms with Crippen molar-refractivity contribution in [3.05, 3.63) is 29.3 Å². The average molecular weight is 373 g/mol. The number of likely N-dealkylation sites (tertiary alicyclic amines) is 1. The van der Waals surface area contributed by atoms with Crippen LogP contribution in [0.4, 0.5) is 4.79 Å². The number of carbonyl (C=O) groups excluding carboxylic acids is 4. The molecule has 2 heterocycles. The lowest BCUT2D eigenvalue weighted by atomic mass is 10.1. The number of urea groups is 1. The molecule has 0 aromatic heterocycles. The minimum atomic E-state index is -0.855. The van der Waals surface area contributed by atoms with Gasteiger partial charge in [-0.15, -0.1) is 0 Å². The summed E-state index contributed by atoms with van der Waals surface area (Å²) >= 11 is 0. The first-order valence-electron chi connectivity index (χ1n) is 8.45. The molecular weight excluding hydrogens is 354 g/mol.